The summed E-state index contributed by atoms with van der Waals surface area (Å²) in [5.74, 6) is 0. The van der Waals surface area contributed by atoms with Gasteiger partial charge in [0.05, 0.1) is 0 Å². The van der Waals surface area contributed by atoms with Crippen molar-refractivity contribution < 1.29 is 0 Å². The van der Waals surface area contributed by atoms with Gasteiger partial charge >= 0.3 is 0 Å². The van der Waals surface area contributed by atoms with Crippen LogP contribution < -0.4 is 5.32 Å². The molecular weight excluding hydrogens is 184 g/mol. The van der Waals surface area contributed by atoms with Crippen LogP contribution in [-0.2, 0) is 0 Å². The molecule has 0 radical (unpaired) electrons. The van der Waals surface area contributed by atoms with Gasteiger partial charge in [-0.15, -0.1) is 0 Å². The molecule has 1 N–H and O–H groups in total. The van der Waals surface area contributed by atoms with E-state index < -0.39 is 0 Å². The molecule has 1 unspecified atom stereocenters. The second kappa shape index (κ2) is 4.23. The van der Waals surface area contributed by atoms with E-state index in [9.17, 15) is 0 Å². The van der Waals surface area contributed by atoms with Gasteiger partial charge in [0.15, 0.2) is 0 Å². The summed E-state index contributed by atoms with van der Waals surface area (Å²) in [6.45, 7) is 6.67. The molecule has 2 heteroatoms. The lowest BCUT2D eigenvalue weighted by atomic mass is 10.1. The van der Waals surface area contributed by atoms with Gasteiger partial charge in [-0.3, -0.25) is 0 Å². The van der Waals surface area contributed by atoms with Gasteiger partial charge < -0.3 is 10.2 Å². The van der Waals surface area contributed by atoms with Crippen LogP contribution in [0.15, 0.2) is 18.2 Å². The van der Waals surface area contributed by atoms with Crippen LogP contribution in [0.1, 0.15) is 17.5 Å². The number of nitrogens with zero attached hydrogens (tertiary/aromatic N) is 1. The van der Waals surface area contributed by atoms with Crippen molar-refractivity contribution in [2.45, 2.75) is 26.3 Å². The van der Waals surface area contributed by atoms with Gasteiger partial charge in [0, 0.05) is 18.3 Å². The molecule has 1 fully saturated rings. The third-order valence-corrected chi connectivity index (χ3v) is 2.98. The van der Waals surface area contributed by atoms with Crippen molar-refractivity contribution in [1.29, 1.82) is 0 Å². The first-order chi connectivity index (χ1) is 7.13. The molecule has 0 aliphatic carbocycles. The lowest BCUT2D eigenvalue weighted by Crippen LogP contribution is -2.23. The average molecular weight is 204 g/mol. The highest BCUT2D eigenvalue weighted by Crippen LogP contribution is 2.17. The van der Waals surface area contributed by atoms with E-state index in [4.69, 9.17) is 0 Å². The van der Waals surface area contributed by atoms with Crippen molar-refractivity contribution in [3.63, 3.8) is 0 Å². The van der Waals surface area contributed by atoms with Gasteiger partial charge in [-0.05, 0) is 57.1 Å². The van der Waals surface area contributed by atoms with Gasteiger partial charge in [0.25, 0.3) is 0 Å². The third kappa shape index (κ3) is 2.72. The molecule has 0 spiro atoms. The standard InChI is InChI=1S/C13H20N2/c1-10-6-11(2)8-13(7-10)14-12-4-5-15(3)9-12/h6-8,12,14H,4-5,9H2,1-3H3. The Morgan fingerprint density at radius 1 is 1.20 bits per heavy atom. The first kappa shape index (κ1) is 10.5. The number of hydrogen-bond donors (Lipinski definition) is 1. The molecule has 1 heterocycles. The Hall–Kier alpha value is -1.02. The van der Waals surface area contributed by atoms with Crippen LogP contribution in [0.5, 0.6) is 0 Å². The van der Waals surface area contributed by atoms with E-state index in [2.05, 4.69) is 49.3 Å². The lowest BCUT2D eigenvalue weighted by molar-refractivity contribution is 0.414. The minimum absolute atomic E-state index is 0.621. The van der Waals surface area contributed by atoms with Gasteiger partial charge in [0.1, 0.15) is 0 Å². The zero-order valence-electron chi connectivity index (χ0n) is 9.88. The summed E-state index contributed by atoms with van der Waals surface area (Å²) in [5.41, 5.74) is 3.94. The molecule has 15 heavy (non-hydrogen) atoms. The van der Waals surface area contributed by atoms with E-state index in [0.717, 1.165) is 6.54 Å². The van der Waals surface area contributed by atoms with Crippen LogP contribution in [0.4, 0.5) is 5.69 Å². The van der Waals surface area contributed by atoms with Crippen LogP contribution in [0, 0.1) is 13.8 Å². The van der Waals surface area contributed by atoms with E-state index in [1.165, 1.54) is 29.8 Å². The summed E-state index contributed by atoms with van der Waals surface area (Å²) in [4.78, 5) is 2.38. The summed E-state index contributed by atoms with van der Waals surface area (Å²) in [7, 11) is 2.18. The number of benzene rings is 1. The molecule has 2 rings (SSSR count). The van der Waals surface area contributed by atoms with E-state index in [1.54, 1.807) is 0 Å². The van der Waals surface area contributed by atoms with Crippen molar-refractivity contribution in [3.05, 3.63) is 29.3 Å². The number of likely N-dealkylation sites (tertiary alicyclic amines) is 1. The highest BCUT2D eigenvalue weighted by atomic mass is 15.2. The molecule has 0 saturated carbocycles. The fourth-order valence-corrected chi connectivity index (χ4v) is 2.35. The van der Waals surface area contributed by atoms with Crippen molar-refractivity contribution in [1.82, 2.24) is 4.90 Å². The largest absolute Gasteiger partial charge is 0.381 e. The Morgan fingerprint density at radius 3 is 2.40 bits per heavy atom. The minimum atomic E-state index is 0.621. The lowest BCUT2D eigenvalue weighted by Gasteiger charge is -2.15. The highest BCUT2D eigenvalue weighted by molar-refractivity contribution is 5.49. The average Bonchev–Trinajstić information content (AvgIpc) is 2.49. The molecule has 0 aromatic heterocycles. The zero-order chi connectivity index (χ0) is 10.8. The number of likely N-dealkylation sites (N-methyl/N-ethyl adjacent to an activating group) is 1. The molecule has 0 bridgehead atoms. The highest BCUT2D eigenvalue weighted by Gasteiger charge is 2.18. The molecule has 82 valence electrons. The fourth-order valence-electron chi connectivity index (χ4n) is 2.35. The van der Waals surface area contributed by atoms with E-state index in [-0.39, 0.29) is 0 Å². The molecular formula is C13H20N2. The predicted molar refractivity (Wildman–Crippen MR) is 65.4 cm³/mol. The van der Waals surface area contributed by atoms with Crippen molar-refractivity contribution in [2.24, 2.45) is 0 Å². The maximum absolute atomic E-state index is 3.61. The summed E-state index contributed by atoms with van der Waals surface area (Å²) in [6, 6.07) is 7.29. The predicted octanol–water partition coefficient (Wildman–Crippen LogP) is 2.42. The SMILES string of the molecule is Cc1cc(C)cc(NC2CCN(C)C2)c1. The Kier molecular flexibility index (Phi) is 2.96. The molecule has 1 atom stereocenters. The summed E-state index contributed by atoms with van der Waals surface area (Å²) in [5, 5.41) is 3.61. The first-order valence-electron chi connectivity index (χ1n) is 5.67. The number of rotatable bonds is 2. The number of nitrogens with one attached hydrogen (secondary N) is 1. The van der Waals surface area contributed by atoms with Gasteiger partial charge in [-0.2, -0.15) is 0 Å². The maximum atomic E-state index is 3.61. The Labute approximate surface area is 92.3 Å². The Balaban J connectivity index is 2.04. The smallest absolute Gasteiger partial charge is 0.0400 e. The Morgan fingerprint density at radius 2 is 1.87 bits per heavy atom. The van der Waals surface area contributed by atoms with Gasteiger partial charge in [-0.1, -0.05) is 6.07 Å². The second-order valence-corrected chi connectivity index (χ2v) is 4.77. The fraction of sp³-hybridized carbons (Fsp3) is 0.538. The van der Waals surface area contributed by atoms with E-state index >= 15 is 0 Å². The van der Waals surface area contributed by atoms with Crippen LogP contribution in [0.2, 0.25) is 0 Å². The number of aryl methyl sites for hydroxylation is 2. The van der Waals surface area contributed by atoms with Crippen molar-refractivity contribution in [3.8, 4) is 0 Å². The van der Waals surface area contributed by atoms with Gasteiger partial charge in [-0.25, -0.2) is 0 Å². The van der Waals surface area contributed by atoms with Crippen molar-refractivity contribution >= 4 is 5.69 Å². The zero-order valence-corrected chi connectivity index (χ0v) is 9.88. The molecule has 1 aliphatic heterocycles. The van der Waals surface area contributed by atoms with E-state index in [0.29, 0.717) is 6.04 Å². The summed E-state index contributed by atoms with van der Waals surface area (Å²) < 4.78 is 0. The van der Waals surface area contributed by atoms with Crippen molar-refractivity contribution in [2.75, 3.05) is 25.5 Å². The number of anilines is 1. The van der Waals surface area contributed by atoms with Gasteiger partial charge in [0.2, 0.25) is 0 Å². The molecule has 2 nitrogen and oxygen atoms in total. The minimum Gasteiger partial charge on any atom is -0.381 e. The van der Waals surface area contributed by atoms with Crippen LogP contribution in [-0.4, -0.2) is 31.1 Å². The maximum Gasteiger partial charge on any atom is 0.0400 e. The molecule has 1 aliphatic rings. The van der Waals surface area contributed by atoms with Crippen LogP contribution in [0.3, 0.4) is 0 Å². The summed E-state index contributed by atoms with van der Waals surface area (Å²) in [6.07, 6.45) is 1.25. The molecule has 0 amide bonds. The molecule has 1 aromatic rings. The third-order valence-electron chi connectivity index (χ3n) is 2.98. The quantitative estimate of drug-likeness (QED) is 0.796. The topological polar surface area (TPSA) is 15.3 Å². The Bertz CT molecular complexity index is 326. The summed E-state index contributed by atoms with van der Waals surface area (Å²) >= 11 is 0. The first-order valence-corrected chi connectivity index (χ1v) is 5.67. The van der Waals surface area contributed by atoms with Crippen LogP contribution >= 0.6 is 0 Å². The monoisotopic (exact) mass is 204 g/mol. The number of hydrogen-bond acceptors (Lipinski definition) is 2. The van der Waals surface area contributed by atoms with E-state index in [1.807, 2.05) is 0 Å². The molecule has 1 saturated heterocycles. The molecule has 1 aromatic carbocycles. The normalized spacial score (nSPS) is 21.9. The van der Waals surface area contributed by atoms with Crippen LogP contribution in [0.25, 0.3) is 0 Å². The second-order valence-electron chi connectivity index (χ2n) is 4.77.